The van der Waals surface area contributed by atoms with Gasteiger partial charge in [-0.1, -0.05) is 59.2 Å². The van der Waals surface area contributed by atoms with E-state index >= 15 is 0 Å². The van der Waals surface area contributed by atoms with Crippen molar-refractivity contribution in [1.29, 1.82) is 0 Å². The summed E-state index contributed by atoms with van der Waals surface area (Å²) in [5, 5.41) is 13.2. The largest absolute Gasteiger partial charge is 0.478 e. The first-order valence-electron chi connectivity index (χ1n) is 16.7. The van der Waals surface area contributed by atoms with E-state index in [2.05, 4.69) is 46.0 Å². The first-order chi connectivity index (χ1) is 19.4. The fourth-order valence-electron chi connectivity index (χ4n) is 12.4. The van der Waals surface area contributed by atoms with Crippen molar-refractivity contribution in [3.8, 4) is 0 Å². The molecule has 0 aromatic heterocycles. The topological polar surface area (TPSA) is 58.6 Å². The summed E-state index contributed by atoms with van der Waals surface area (Å²) in [6.07, 6.45) is 16.2. The lowest BCUT2D eigenvalue weighted by Gasteiger charge is -2.72. The third-order valence-corrected chi connectivity index (χ3v) is 14.5. The van der Waals surface area contributed by atoms with E-state index < -0.39 is 5.97 Å². The number of nitrogens with one attached hydrogen (secondary N) is 1. The maximum absolute atomic E-state index is 11.5. The molecule has 4 nitrogen and oxygen atoms in total. The van der Waals surface area contributed by atoms with Gasteiger partial charge in [0.25, 0.3) is 0 Å². The van der Waals surface area contributed by atoms with Crippen molar-refractivity contribution in [3.05, 3.63) is 41.5 Å². The van der Waals surface area contributed by atoms with Gasteiger partial charge >= 0.3 is 5.97 Å². The number of carboxylic acids is 1. The Kier molecular flexibility index (Phi) is 7.33. The molecule has 0 aliphatic heterocycles. The number of methoxy groups -OCH3 is 1. The van der Waals surface area contributed by atoms with Gasteiger partial charge in [0.05, 0.1) is 12.2 Å². The second-order valence-electron chi connectivity index (χ2n) is 16.1. The second kappa shape index (κ2) is 10.2. The van der Waals surface area contributed by atoms with Crippen LogP contribution in [0.2, 0.25) is 0 Å². The molecule has 0 saturated heterocycles. The van der Waals surface area contributed by atoms with Crippen LogP contribution in [0.1, 0.15) is 115 Å². The molecule has 41 heavy (non-hydrogen) atoms. The van der Waals surface area contributed by atoms with E-state index in [0.29, 0.717) is 33.1 Å². The second-order valence-corrected chi connectivity index (χ2v) is 16.1. The maximum atomic E-state index is 11.5. The van der Waals surface area contributed by atoms with E-state index in [1.807, 2.05) is 12.1 Å². The highest BCUT2D eigenvalue weighted by atomic mass is 16.5. The van der Waals surface area contributed by atoms with E-state index in [9.17, 15) is 9.90 Å². The highest BCUT2D eigenvalue weighted by Gasteiger charge is 2.69. The van der Waals surface area contributed by atoms with Gasteiger partial charge in [-0.2, -0.15) is 0 Å². The summed E-state index contributed by atoms with van der Waals surface area (Å²) >= 11 is 0. The summed E-state index contributed by atoms with van der Waals surface area (Å²) in [4.78, 5) is 11.5. The zero-order chi connectivity index (χ0) is 29.3. The van der Waals surface area contributed by atoms with Crippen LogP contribution in [0.4, 0.5) is 0 Å². The Morgan fingerprint density at radius 2 is 1.66 bits per heavy atom. The zero-order valence-electron chi connectivity index (χ0n) is 26.7. The Morgan fingerprint density at radius 3 is 2.37 bits per heavy atom. The molecular formula is C37H55NO3. The van der Waals surface area contributed by atoms with E-state index in [0.717, 1.165) is 37.3 Å². The molecule has 8 atom stereocenters. The summed E-state index contributed by atoms with van der Waals surface area (Å²) in [7, 11) is 1.81. The number of ether oxygens (including phenoxy) is 1. The zero-order valence-corrected chi connectivity index (χ0v) is 26.7. The van der Waals surface area contributed by atoms with E-state index in [-0.39, 0.29) is 5.41 Å². The molecule has 6 rings (SSSR count). The van der Waals surface area contributed by atoms with Crippen LogP contribution in [-0.4, -0.2) is 37.9 Å². The van der Waals surface area contributed by atoms with E-state index in [4.69, 9.17) is 4.74 Å². The third-order valence-electron chi connectivity index (χ3n) is 14.5. The lowest BCUT2D eigenvalue weighted by Crippen LogP contribution is -2.65. The Hall–Kier alpha value is -1.65. The van der Waals surface area contributed by atoms with Crippen LogP contribution in [0.15, 0.2) is 30.3 Å². The standard InChI is InChI=1S/C37H55NO3/c1-33(2)27(25-9-11-26(12-10-25)32(39)40)15-18-34(3)30(33)16-19-36(5)31(34)14-13-28-29-8-7-17-37(29,21-20-35(28,36)4)24-38-22-23-41-6/h9-12,15,28-31,38H,7-8,13-14,16-24H2,1-6H3,(H,39,40)/t28?,29?,30?,31?,34?,35-,36?,37?/m1/s1. The van der Waals surface area contributed by atoms with Crippen LogP contribution in [0.25, 0.3) is 5.57 Å². The van der Waals surface area contributed by atoms with Gasteiger partial charge in [-0.15, -0.1) is 0 Å². The normalized spacial score (nSPS) is 42.8. The number of fused-ring (bicyclic) bond motifs is 7. The van der Waals surface area contributed by atoms with Crippen molar-refractivity contribution in [2.75, 3.05) is 26.8 Å². The molecule has 4 heteroatoms. The predicted octanol–water partition coefficient (Wildman–Crippen LogP) is 8.47. The molecule has 0 heterocycles. The highest BCUT2D eigenvalue weighted by Crippen LogP contribution is 2.77. The van der Waals surface area contributed by atoms with Crippen LogP contribution >= 0.6 is 0 Å². The summed E-state index contributed by atoms with van der Waals surface area (Å²) in [6.45, 7) is 16.1. The molecule has 5 aliphatic rings. The Balaban J connectivity index is 1.28. The number of aromatic carboxylic acids is 1. The van der Waals surface area contributed by atoms with Gasteiger partial charge in [0, 0.05) is 20.2 Å². The molecule has 4 saturated carbocycles. The number of benzene rings is 1. The lowest BCUT2D eigenvalue weighted by atomic mass is 9.32. The predicted molar refractivity (Wildman–Crippen MR) is 167 cm³/mol. The molecule has 1 aromatic rings. The summed E-state index contributed by atoms with van der Waals surface area (Å²) in [6, 6.07) is 7.64. The molecule has 4 fully saturated rings. The first kappa shape index (κ1) is 29.4. The Morgan fingerprint density at radius 1 is 0.902 bits per heavy atom. The van der Waals surface area contributed by atoms with Crippen molar-refractivity contribution in [1.82, 2.24) is 5.32 Å². The molecule has 0 radical (unpaired) electrons. The van der Waals surface area contributed by atoms with Crippen molar-refractivity contribution in [2.45, 2.75) is 98.8 Å². The van der Waals surface area contributed by atoms with Gasteiger partial charge in [0.2, 0.25) is 0 Å². The molecular weight excluding hydrogens is 506 g/mol. The molecule has 0 bridgehead atoms. The summed E-state index contributed by atoms with van der Waals surface area (Å²) in [5.41, 5.74) is 4.70. The molecule has 0 amide bonds. The van der Waals surface area contributed by atoms with Crippen LogP contribution in [0.3, 0.4) is 0 Å². The number of hydrogen-bond acceptors (Lipinski definition) is 3. The van der Waals surface area contributed by atoms with Crippen LogP contribution in [0.5, 0.6) is 0 Å². The van der Waals surface area contributed by atoms with Crippen LogP contribution < -0.4 is 5.32 Å². The summed E-state index contributed by atoms with van der Waals surface area (Å²) in [5.74, 6) is 2.29. The van der Waals surface area contributed by atoms with Gasteiger partial charge in [0.15, 0.2) is 0 Å². The van der Waals surface area contributed by atoms with Gasteiger partial charge in [-0.05, 0) is 132 Å². The van der Waals surface area contributed by atoms with Crippen molar-refractivity contribution < 1.29 is 14.6 Å². The highest BCUT2D eigenvalue weighted by molar-refractivity contribution is 5.88. The lowest BCUT2D eigenvalue weighted by molar-refractivity contribution is -0.222. The van der Waals surface area contributed by atoms with Gasteiger partial charge in [-0.25, -0.2) is 4.79 Å². The fourth-order valence-corrected chi connectivity index (χ4v) is 12.4. The van der Waals surface area contributed by atoms with Crippen molar-refractivity contribution in [2.24, 2.45) is 50.7 Å². The molecule has 7 unspecified atom stereocenters. The smallest absolute Gasteiger partial charge is 0.335 e. The number of hydrogen-bond donors (Lipinski definition) is 2. The molecule has 0 spiro atoms. The average molecular weight is 562 g/mol. The quantitative estimate of drug-likeness (QED) is 0.328. The Bertz CT molecular complexity index is 1190. The van der Waals surface area contributed by atoms with Crippen molar-refractivity contribution in [3.63, 3.8) is 0 Å². The minimum atomic E-state index is -0.850. The van der Waals surface area contributed by atoms with Crippen molar-refractivity contribution >= 4 is 11.5 Å². The van der Waals surface area contributed by atoms with Crippen LogP contribution in [-0.2, 0) is 4.74 Å². The Labute approximate surface area is 249 Å². The SMILES string of the molecule is COCCNCC12CCCC1C1CCC3C4(C)CC=C(c5ccc(C(=O)O)cc5)C(C)(C)C4CCC3(C)[C@]1(C)CC2. The number of rotatable bonds is 7. The number of allylic oxidation sites excluding steroid dienone is 2. The minimum Gasteiger partial charge on any atom is -0.478 e. The number of carboxylic acid groups (broad SMARTS) is 1. The number of carbonyl (C=O) groups is 1. The van der Waals surface area contributed by atoms with E-state index in [1.54, 1.807) is 19.2 Å². The van der Waals surface area contributed by atoms with E-state index in [1.165, 1.54) is 75.5 Å². The average Bonchev–Trinajstić information content (AvgIpc) is 3.35. The molecule has 226 valence electrons. The maximum Gasteiger partial charge on any atom is 0.335 e. The van der Waals surface area contributed by atoms with Gasteiger partial charge in [-0.3, -0.25) is 0 Å². The third kappa shape index (κ3) is 4.24. The van der Waals surface area contributed by atoms with Crippen LogP contribution in [0, 0.1) is 50.7 Å². The van der Waals surface area contributed by atoms with Gasteiger partial charge < -0.3 is 15.2 Å². The fraction of sp³-hybridized carbons (Fsp3) is 0.757. The first-order valence-corrected chi connectivity index (χ1v) is 16.7. The monoisotopic (exact) mass is 561 g/mol. The molecule has 5 aliphatic carbocycles. The molecule has 2 N–H and O–H groups in total. The minimum absolute atomic E-state index is 0.0673. The molecule has 1 aromatic carbocycles. The summed E-state index contributed by atoms with van der Waals surface area (Å²) < 4.78 is 5.34. The van der Waals surface area contributed by atoms with Gasteiger partial charge in [0.1, 0.15) is 0 Å².